The number of rotatable bonds is 5. The lowest BCUT2D eigenvalue weighted by atomic mass is 10.3. The van der Waals surface area contributed by atoms with Crippen molar-refractivity contribution in [3.8, 4) is 0 Å². The summed E-state index contributed by atoms with van der Waals surface area (Å²) in [6, 6.07) is 5.93. The zero-order chi connectivity index (χ0) is 12.0. The fourth-order valence-corrected chi connectivity index (χ4v) is 1.32. The second-order valence-electron chi connectivity index (χ2n) is 2.87. The van der Waals surface area contributed by atoms with Crippen LogP contribution in [0.1, 0.15) is 0 Å². The second-order valence-corrected chi connectivity index (χ2v) is 3.81. The van der Waals surface area contributed by atoms with Gasteiger partial charge in [-0.2, -0.15) is 0 Å². The fourth-order valence-electron chi connectivity index (χ4n) is 0.958. The van der Waals surface area contributed by atoms with E-state index in [2.05, 4.69) is 15.6 Å². The number of carbonyl (C=O) groups is 1. The quantitative estimate of drug-likeness (QED) is 0.561. The van der Waals surface area contributed by atoms with E-state index in [4.69, 9.17) is 0 Å². The lowest BCUT2D eigenvalue weighted by Gasteiger charge is -2.09. The molecule has 0 saturated carbocycles. The van der Waals surface area contributed by atoms with Gasteiger partial charge in [0.2, 0.25) is 0 Å². The number of hydrazine groups is 1. The Bertz CT molecular complexity index is 380. The molecule has 1 aromatic carbocycles. The van der Waals surface area contributed by atoms with Crippen molar-refractivity contribution in [1.29, 1.82) is 0 Å². The van der Waals surface area contributed by atoms with Crippen molar-refractivity contribution in [1.82, 2.24) is 5.43 Å². The van der Waals surface area contributed by atoms with Crippen LogP contribution in [0.2, 0.25) is 0 Å². The maximum atomic E-state index is 11.0. The summed E-state index contributed by atoms with van der Waals surface area (Å²) in [4.78, 5) is 11.2. The first-order valence-corrected chi connectivity index (χ1v) is 5.44. The standard InChI is InChI=1S/C9H12N2O4S/c1-15-6-9(12)11-10-7-2-4-8(5-3-7)16(13)14/h2-5,10H,6H2,1H3,(H,11,12)(H,13,14)/p-1. The third-order valence-electron chi connectivity index (χ3n) is 1.67. The van der Waals surface area contributed by atoms with Gasteiger partial charge in [0.15, 0.2) is 0 Å². The Morgan fingerprint density at radius 2 is 2.06 bits per heavy atom. The maximum Gasteiger partial charge on any atom is 0.264 e. The molecule has 2 N–H and O–H groups in total. The molecule has 88 valence electrons. The van der Waals surface area contributed by atoms with Gasteiger partial charge in [0.1, 0.15) is 6.61 Å². The number of methoxy groups -OCH3 is 1. The number of benzene rings is 1. The summed E-state index contributed by atoms with van der Waals surface area (Å²) >= 11 is -2.24. The molecule has 1 rings (SSSR count). The van der Waals surface area contributed by atoms with Crippen LogP contribution in [-0.2, 0) is 20.6 Å². The van der Waals surface area contributed by atoms with Gasteiger partial charge in [0.25, 0.3) is 5.91 Å². The molecule has 1 aromatic rings. The summed E-state index contributed by atoms with van der Waals surface area (Å²) in [7, 11) is 1.41. The summed E-state index contributed by atoms with van der Waals surface area (Å²) in [6.45, 7) is -0.0460. The highest BCUT2D eigenvalue weighted by Crippen LogP contribution is 2.10. The van der Waals surface area contributed by atoms with E-state index in [9.17, 15) is 13.6 Å². The molecule has 1 amide bonds. The number of amides is 1. The summed E-state index contributed by atoms with van der Waals surface area (Å²) in [5, 5.41) is 0. The van der Waals surface area contributed by atoms with Crippen LogP contribution in [0.25, 0.3) is 0 Å². The van der Waals surface area contributed by atoms with E-state index in [-0.39, 0.29) is 17.4 Å². The van der Waals surface area contributed by atoms with Gasteiger partial charge >= 0.3 is 0 Å². The lowest BCUT2D eigenvalue weighted by Crippen LogP contribution is -2.32. The van der Waals surface area contributed by atoms with Crippen molar-refractivity contribution < 1.29 is 18.3 Å². The third-order valence-corrected chi connectivity index (χ3v) is 2.33. The Labute approximate surface area is 95.2 Å². The van der Waals surface area contributed by atoms with Crippen LogP contribution in [0, 0.1) is 0 Å². The van der Waals surface area contributed by atoms with Crippen molar-refractivity contribution >= 4 is 22.7 Å². The first-order valence-electron chi connectivity index (χ1n) is 4.36. The minimum absolute atomic E-state index is 0.0460. The second kappa shape index (κ2) is 6.21. The van der Waals surface area contributed by atoms with Crippen LogP contribution in [-0.4, -0.2) is 28.4 Å². The van der Waals surface area contributed by atoms with Gasteiger partial charge in [-0.3, -0.25) is 19.9 Å². The van der Waals surface area contributed by atoms with E-state index in [0.717, 1.165) is 0 Å². The molecule has 0 aromatic heterocycles. The molecule has 7 heteroatoms. The monoisotopic (exact) mass is 243 g/mol. The van der Waals surface area contributed by atoms with E-state index < -0.39 is 11.1 Å². The average Bonchev–Trinajstić information content (AvgIpc) is 2.27. The molecular formula is C9H11N2O4S-. The molecule has 0 saturated heterocycles. The zero-order valence-electron chi connectivity index (χ0n) is 8.56. The Balaban J connectivity index is 2.49. The van der Waals surface area contributed by atoms with Crippen molar-refractivity contribution in [3.05, 3.63) is 24.3 Å². The molecule has 0 spiro atoms. The van der Waals surface area contributed by atoms with Crippen molar-refractivity contribution in [3.63, 3.8) is 0 Å². The van der Waals surface area contributed by atoms with Crippen molar-refractivity contribution in [2.24, 2.45) is 0 Å². The Morgan fingerprint density at radius 3 is 2.56 bits per heavy atom. The van der Waals surface area contributed by atoms with Crippen LogP contribution in [0.3, 0.4) is 0 Å². The van der Waals surface area contributed by atoms with Crippen LogP contribution >= 0.6 is 0 Å². The number of hydrogen-bond acceptors (Lipinski definition) is 5. The number of ether oxygens (including phenoxy) is 1. The molecule has 0 aliphatic carbocycles. The van der Waals surface area contributed by atoms with Gasteiger partial charge in [-0.05, 0) is 35.3 Å². The minimum Gasteiger partial charge on any atom is -0.768 e. The Hall–Kier alpha value is -1.44. The van der Waals surface area contributed by atoms with Gasteiger partial charge in [-0.25, -0.2) is 0 Å². The molecule has 0 bridgehead atoms. The molecule has 0 radical (unpaired) electrons. The summed E-state index contributed by atoms with van der Waals surface area (Å²) in [5.74, 6) is -0.320. The molecule has 1 unspecified atom stereocenters. The number of anilines is 1. The van der Waals surface area contributed by atoms with Crippen LogP contribution in [0.15, 0.2) is 29.2 Å². The molecule has 6 nitrogen and oxygen atoms in total. The Kier molecular flexibility index (Phi) is 4.90. The minimum atomic E-state index is -2.24. The average molecular weight is 243 g/mol. The van der Waals surface area contributed by atoms with E-state index in [1.54, 1.807) is 0 Å². The summed E-state index contributed by atoms with van der Waals surface area (Å²) < 4.78 is 25.7. The zero-order valence-corrected chi connectivity index (χ0v) is 9.37. The van der Waals surface area contributed by atoms with Crippen molar-refractivity contribution in [2.45, 2.75) is 4.90 Å². The number of nitrogens with one attached hydrogen (secondary N) is 2. The Morgan fingerprint density at radius 1 is 1.44 bits per heavy atom. The largest absolute Gasteiger partial charge is 0.768 e. The number of carbonyl (C=O) groups excluding carboxylic acids is 1. The first-order chi connectivity index (χ1) is 7.63. The fraction of sp³-hybridized carbons (Fsp3) is 0.222. The highest BCUT2D eigenvalue weighted by Gasteiger charge is 1.99. The smallest absolute Gasteiger partial charge is 0.264 e. The summed E-state index contributed by atoms with van der Waals surface area (Å²) in [5.41, 5.74) is 5.58. The topological polar surface area (TPSA) is 90.5 Å². The molecule has 0 fully saturated rings. The number of hydrogen-bond donors (Lipinski definition) is 2. The van der Waals surface area contributed by atoms with Gasteiger partial charge < -0.3 is 9.29 Å². The first kappa shape index (κ1) is 12.6. The maximum absolute atomic E-state index is 11.0. The lowest BCUT2D eigenvalue weighted by molar-refractivity contribution is -0.124. The molecule has 0 aliphatic rings. The van der Waals surface area contributed by atoms with Crippen molar-refractivity contribution in [2.75, 3.05) is 19.1 Å². The van der Waals surface area contributed by atoms with Crippen LogP contribution < -0.4 is 10.9 Å². The van der Waals surface area contributed by atoms with E-state index in [1.165, 1.54) is 31.4 Å². The SMILES string of the molecule is COCC(=O)NNc1ccc(S(=O)[O-])cc1. The van der Waals surface area contributed by atoms with Crippen LogP contribution in [0.4, 0.5) is 5.69 Å². The van der Waals surface area contributed by atoms with Crippen LogP contribution in [0.5, 0.6) is 0 Å². The van der Waals surface area contributed by atoms with Gasteiger partial charge in [-0.1, -0.05) is 0 Å². The van der Waals surface area contributed by atoms with Gasteiger partial charge in [0, 0.05) is 12.0 Å². The summed E-state index contributed by atoms with van der Waals surface area (Å²) in [6.07, 6.45) is 0. The van der Waals surface area contributed by atoms with E-state index >= 15 is 0 Å². The molecular weight excluding hydrogens is 232 g/mol. The molecule has 0 aliphatic heterocycles. The molecule has 1 atom stereocenters. The predicted molar refractivity (Wildman–Crippen MR) is 57.3 cm³/mol. The highest BCUT2D eigenvalue weighted by atomic mass is 32.2. The highest BCUT2D eigenvalue weighted by molar-refractivity contribution is 7.79. The molecule has 0 heterocycles. The third kappa shape index (κ3) is 3.97. The normalized spacial score (nSPS) is 11.9. The molecule has 16 heavy (non-hydrogen) atoms. The van der Waals surface area contributed by atoms with Gasteiger partial charge in [0.05, 0.1) is 5.69 Å². The van der Waals surface area contributed by atoms with E-state index in [0.29, 0.717) is 5.69 Å². The van der Waals surface area contributed by atoms with Gasteiger partial charge in [-0.15, -0.1) is 0 Å². The predicted octanol–water partition coefficient (Wildman–Crippen LogP) is 0.0141. The van der Waals surface area contributed by atoms with E-state index in [1.807, 2.05) is 0 Å².